The van der Waals surface area contributed by atoms with Crippen molar-refractivity contribution in [2.75, 3.05) is 0 Å². The molecule has 82 valence electrons. The monoisotopic (exact) mass is 194 g/mol. The molecule has 0 aromatic carbocycles. The minimum absolute atomic E-state index is 0.599. The van der Waals surface area contributed by atoms with Crippen LogP contribution in [0.5, 0.6) is 0 Å². The molecule has 0 spiro atoms. The van der Waals surface area contributed by atoms with Crippen molar-refractivity contribution in [2.24, 2.45) is 5.41 Å². The first-order valence-corrected chi connectivity index (χ1v) is 6.58. The summed E-state index contributed by atoms with van der Waals surface area (Å²) >= 11 is 0. The van der Waals surface area contributed by atoms with Gasteiger partial charge in [-0.2, -0.15) is 0 Å². The van der Waals surface area contributed by atoms with Gasteiger partial charge in [0.1, 0.15) is 7.85 Å². The van der Waals surface area contributed by atoms with Crippen molar-refractivity contribution >= 4 is 7.85 Å². The number of hydrogen-bond acceptors (Lipinski definition) is 0. The van der Waals surface area contributed by atoms with E-state index in [1.807, 2.05) is 0 Å². The summed E-state index contributed by atoms with van der Waals surface area (Å²) in [5.41, 5.74) is 0.599. The van der Waals surface area contributed by atoms with E-state index < -0.39 is 0 Å². The second kappa shape index (κ2) is 4.72. The maximum atomic E-state index is 2.55. The van der Waals surface area contributed by atoms with Crippen molar-refractivity contribution in [1.29, 1.82) is 0 Å². The van der Waals surface area contributed by atoms with Gasteiger partial charge in [0.15, 0.2) is 0 Å². The van der Waals surface area contributed by atoms with E-state index in [-0.39, 0.29) is 0 Å². The zero-order valence-electron chi connectivity index (χ0n) is 10.7. The van der Waals surface area contributed by atoms with Gasteiger partial charge in [-0.1, -0.05) is 71.0 Å². The van der Waals surface area contributed by atoms with Crippen LogP contribution >= 0.6 is 0 Å². The second-order valence-corrected chi connectivity index (χ2v) is 5.79. The fraction of sp³-hybridized carbons (Fsp3) is 1.00. The summed E-state index contributed by atoms with van der Waals surface area (Å²) in [5.74, 6) is 0. The van der Waals surface area contributed by atoms with Crippen LogP contribution in [0.4, 0.5) is 0 Å². The molecule has 1 unspecified atom stereocenters. The Hall–Kier alpha value is 0.0649. The predicted molar refractivity (Wildman–Crippen MR) is 67.6 cm³/mol. The first-order chi connectivity index (χ1) is 6.58. The molecule has 1 saturated carbocycles. The molecule has 0 bridgehead atoms. The molecule has 0 radical (unpaired) electrons. The Balaban J connectivity index is 2.73. The van der Waals surface area contributed by atoms with Gasteiger partial charge in [0.25, 0.3) is 0 Å². The second-order valence-electron chi connectivity index (χ2n) is 5.79. The maximum Gasteiger partial charge on any atom is 0.110 e. The topological polar surface area (TPSA) is 0 Å². The molecule has 1 heteroatoms. The highest BCUT2D eigenvalue weighted by Crippen LogP contribution is 2.57. The summed E-state index contributed by atoms with van der Waals surface area (Å²) in [6.07, 6.45) is 11.5. The summed E-state index contributed by atoms with van der Waals surface area (Å²) in [6, 6.07) is 0. The Morgan fingerprint density at radius 2 is 1.71 bits per heavy atom. The molecule has 0 aromatic rings. The molecule has 0 amide bonds. The summed E-state index contributed by atoms with van der Waals surface area (Å²) in [7, 11) is 2.55. The average molecular weight is 194 g/mol. The minimum atomic E-state index is 0.599. The summed E-state index contributed by atoms with van der Waals surface area (Å²) in [6.45, 7) is 7.25. The molecule has 0 heterocycles. The van der Waals surface area contributed by atoms with Crippen LogP contribution in [-0.4, -0.2) is 7.85 Å². The number of hydrogen-bond donors (Lipinski definition) is 0. The Labute approximate surface area is 91.3 Å². The SMILES string of the molecule is BC1(C(C)(CC)CCC)CCCCC1. The van der Waals surface area contributed by atoms with Crippen LogP contribution in [-0.2, 0) is 0 Å². The van der Waals surface area contributed by atoms with Crippen LogP contribution in [0.15, 0.2) is 0 Å². The maximum absolute atomic E-state index is 2.55. The van der Waals surface area contributed by atoms with Crippen LogP contribution in [0.3, 0.4) is 0 Å². The molecule has 0 aliphatic heterocycles. The van der Waals surface area contributed by atoms with Crippen molar-refractivity contribution in [1.82, 2.24) is 0 Å². The quantitative estimate of drug-likeness (QED) is 0.594. The average Bonchev–Trinajstić information content (AvgIpc) is 2.19. The van der Waals surface area contributed by atoms with Gasteiger partial charge < -0.3 is 0 Å². The van der Waals surface area contributed by atoms with E-state index in [4.69, 9.17) is 0 Å². The Kier molecular flexibility index (Phi) is 4.09. The van der Waals surface area contributed by atoms with Crippen molar-refractivity contribution in [2.45, 2.75) is 77.5 Å². The molecule has 0 saturated heterocycles. The first kappa shape index (κ1) is 12.1. The highest BCUT2D eigenvalue weighted by molar-refractivity contribution is 6.15. The van der Waals surface area contributed by atoms with Crippen LogP contribution in [0.2, 0.25) is 5.31 Å². The third-order valence-electron chi connectivity index (χ3n) is 5.00. The normalized spacial score (nSPS) is 25.6. The third kappa shape index (κ3) is 2.17. The van der Waals surface area contributed by atoms with Gasteiger partial charge in [-0.3, -0.25) is 0 Å². The van der Waals surface area contributed by atoms with Gasteiger partial charge >= 0.3 is 0 Å². The van der Waals surface area contributed by atoms with E-state index in [1.54, 1.807) is 0 Å². The van der Waals surface area contributed by atoms with E-state index in [1.165, 1.54) is 51.4 Å². The van der Waals surface area contributed by atoms with Crippen molar-refractivity contribution < 1.29 is 0 Å². The van der Waals surface area contributed by atoms with Crippen LogP contribution in [0, 0.1) is 5.41 Å². The molecule has 0 aromatic heterocycles. The van der Waals surface area contributed by atoms with Gasteiger partial charge in [0, 0.05) is 0 Å². The molecule has 14 heavy (non-hydrogen) atoms. The fourth-order valence-corrected chi connectivity index (χ4v) is 3.39. The lowest BCUT2D eigenvalue weighted by molar-refractivity contribution is 0.136. The first-order valence-electron chi connectivity index (χ1n) is 6.58. The lowest BCUT2D eigenvalue weighted by atomic mass is 9.46. The Morgan fingerprint density at radius 3 is 2.14 bits per heavy atom. The van der Waals surface area contributed by atoms with Gasteiger partial charge in [0.05, 0.1) is 0 Å². The molecule has 1 rings (SSSR count). The van der Waals surface area contributed by atoms with E-state index >= 15 is 0 Å². The van der Waals surface area contributed by atoms with E-state index in [0.29, 0.717) is 10.7 Å². The van der Waals surface area contributed by atoms with Gasteiger partial charge in [-0.05, 0) is 11.8 Å². The van der Waals surface area contributed by atoms with E-state index in [2.05, 4.69) is 28.6 Å². The van der Waals surface area contributed by atoms with Crippen molar-refractivity contribution in [3.8, 4) is 0 Å². The van der Waals surface area contributed by atoms with Crippen LogP contribution in [0.1, 0.15) is 72.1 Å². The fourth-order valence-electron chi connectivity index (χ4n) is 3.39. The van der Waals surface area contributed by atoms with Crippen LogP contribution < -0.4 is 0 Å². The molecular weight excluding hydrogens is 167 g/mol. The van der Waals surface area contributed by atoms with E-state index in [0.717, 1.165) is 0 Å². The van der Waals surface area contributed by atoms with Gasteiger partial charge in [0.2, 0.25) is 0 Å². The Bertz CT molecular complexity index is 163. The lowest BCUT2D eigenvalue weighted by Crippen LogP contribution is -2.35. The smallest absolute Gasteiger partial charge is 0.0654 e. The molecule has 1 aliphatic rings. The summed E-state index contributed by atoms with van der Waals surface area (Å²) < 4.78 is 0. The molecule has 0 N–H and O–H groups in total. The highest BCUT2D eigenvalue weighted by Gasteiger charge is 2.42. The zero-order valence-corrected chi connectivity index (χ0v) is 10.7. The Morgan fingerprint density at radius 1 is 1.14 bits per heavy atom. The summed E-state index contributed by atoms with van der Waals surface area (Å²) in [5, 5.41) is 0.635. The molecule has 0 nitrogen and oxygen atoms in total. The van der Waals surface area contributed by atoms with Gasteiger partial charge in [-0.25, -0.2) is 0 Å². The number of rotatable bonds is 4. The molecule has 1 aliphatic carbocycles. The highest BCUT2D eigenvalue weighted by atomic mass is 14.4. The molecule has 1 atom stereocenters. The zero-order chi connectivity index (χ0) is 10.7. The predicted octanol–water partition coefficient (Wildman–Crippen LogP) is 3.96. The van der Waals surface area contributed by atoms with Crippen LogP contribution in [0.25, 0.3) is 0 Å². The summed E-state index contributed by atoms with van der Waals surface area (Å²) in [4.78, 5) is 0. The van der Waals surface area contributed by atoms with Gasteiger partial charge in [-0.15, -0.1) is 0 Å². The van der Waals surface area contributed by atoms with Crippen molar-refractivity contribution in [3.05, 3.63) is 0 Å². The van der Waals surface area contributed by atoms with E-state index in [9.17, 15) is 0 Å². The largest absolute Gasteiger partial charge is 0.110 e. The van der Waals surface area contributed by atoms with Crippen molar-refractivity contribution in [3.63, 3.8) is 0 Å². The minimum Gasteiger partial charge on any atom is -0.0654 e. The standard InChI is InChI=1S/C13H27B/c1-4-9-12(3,5-2)13(14)10-7-6-8-11-13/h4-11,14H2,1-3H3. The third-order valence-corrected chi connectivity index (χ3v) is 5.00. The molecule has 1 fully saturated rings. The molecular formula is C13H27B. The lowest BCUT2D eigenvalue weighted by Gasteiger charge is -2.49.